The Balaban J connectivity index is 2.70. The largest absolute Gasteiger partial charge is 0.507 e. The zero-order valence-corrected chi connectivity index (χ0v) is 9.42. The summed E-state index contributed by atoms with van der Waals surface area (Å²) in [7, 11) is 0. The summed E-state index contributed by atoms with van der Waals surface area (Å²) in [5, 5.41) is 17.6. The predicted octanol–water partition coefficient (Wildman–Crippen LogP) is 2.70. The van der Waals surface area contributed by atoms with Gasteiger partial charge in [0.2, 0.25) is 0 Å². The number of aryl methyl sites for hydroxylation is 1. The van der Waals surface area contributed by atoms with Gasteiger partial charge in [0.05, 0.1) is 4.47 Å². The fraction of sp³-hybridized carbons (Fsp3) is 0.300. The summed E-state index contributed by atoms with van der Waals surface area (Å²) in [5.74, 6) is -1.58. The van der Waals surface area contributed by atoms with Gasteiger partial charge < -0.3 is 10.2 Å². The Hall–Kier alpha value is -1.10. The molecule has 82 valence electrons. The molecule has 0 heterocycles. The van der Waals surface area contributed by atoms with Crippen LogP contribution in [0, 0.1) is 5.82 Å². The van der Waals surface area contributed by atoms with E-state index in [0.717, 1.165) is 0 Å². The molecule has 0 spiro atoms. The van der Waals surface area contributed by atoms with Gasteiger partial charge in [-0.2, -0.15) is 0 Å². The summed E-state index contributed by atoms with van der Waals surface area (Å²) in [6, 6.07) is 2.83. The Morgan fingerprint density at radius 2 is 2.13 bits per heavy atom. The molecular formula is C10H10BrFO3. The van der Waals surface area contributed by atoms with E-state index in [-0.39, 0.29) is 16.6 Å². The number of aliphatic carboxylic acids is 1. The zero-order chi connectivity index (χ0) is 11.4. The Kier molecular flexibility index (Phi) is 4.08. The number of carboxylic acids is 1. The van der Waals surface area contributed by atoms with Crippen molar-refractivity contribution in [3.8, 4) is 5.75 Å². The number of carboxylic acid groups (broad SMARTS) is 1. The Morgan fingerprint density at radius 3 is 2.73 bits per heavy atom. The van der Waals surface area contributed by atoms with Crippen molar-refractivity contribution in [3.05, 3.63) is 28.0 Å². The van der Waals surface area contributed by atoms with E-state index >= 15 is 0 Å². The lowest BCUT2D eigenvalue weighted by molar-refractivity contribution is -0.137. The number of hydrogen-bond donors (Lipinski definition) is 2. The topological polar surface area (TPSA) is 57.5 Å². The van der Waals surface area contributed by atoms with Crippen LogP contribution in [0.2, 0.25) is 0 Å². The van der Waals surface area contributed by atoms with Crippen LogP contribution in [-0.2, 0) is 11.2 Å². The average molecular weight is 277 g/mol. The number of hydrogen-bond acceptors (Lipinski definition) is 2. The first kappa shape index (κ1) is 12.0. The molecular weight excluding hydrogens is 267 g/mol. The van der Waals surface area contributed by atoms with E-state index < -0.39 is 11.8 Å². The fourth-order valence-electron chi connectivity index (χ4n) is 1.20. The minimum Gasteiger partial charge on any atom is -0.507 e. The molecule has 0 saturated heterocycles. The van der Waals surface area contributed by atoms with Crippen molar-refractivity contribution in [3.63, 3.8) is 0 Å². The highest BCUT2D eigenvalue weighted by atomic mass is 79.9. The van der Waals surface area contributed by atoms with E-state index in [1.807, 2.05) is 0 Å². The lowest BCUT2D eigenvalue weighted by Gasteiger charge is -2.05. The third-order valence-corrected chi connectivity index (χ3v) is 2.73. The van der Waals surface area contributed by atoms with E-state index in [1.54, 1.807) is 0 Å². The van der Waals surface area contributed by atoms with Gasteiger partial charge in [0.25, 0.3) is 0 Å². The van der Waals surface area contributed by atoms with Gasteiger partial charge in [-0.25, -0.2) is 4.39 Å². The van der Waals surface area contributed by atoms with Crippen molar-refractivity contribution in [1.82, 2.24) is 0 Å². The van der Waals surface area contributed by atoms with Crippen molar-refractivity contribution < 1.29 is 19.4 Å². The molecule has 0 amide bonds. The van der Waals surface area contributed by atoms with Crippen LogP contribution in [0.1, 0.15) is 18.4 Å². The molecule has 0 unspecified atom stereocenters. The second kappa shape index (κ2) is 5.11. The van der Waals surface area contributed by atoms with Crippen LogP contribution in [0.3, 0.4) is 0 Å². The number of phenols is 1. The average Bonchev–Trinajstić information content (AvgIpc) is 2.18. The van der Waals surface area contributed by atoms with E-state index in [4.69, 9.17) is 10.2 Å². The quantitative estimate of drug-likeness (QED) is 0.889. The van der Waals surface area contributed by atoms with Crippen LogP contribution in [0.25, 0.3) is 0 Å². The Morgan fingerprint density at radius 1 is 1.47 bits per heavy atom. The third kappa shape index (κ3) is 3.20. The smallest absolute Gasteiger partial charge is 0.303 e. The molecule has 1 aromatic carbocycles. The van der Waals surface area contributed by atoms with Crippen molar-refractivity contribution in [2.45, 2.75) is 19.3 Å². The molecule has 1 rings (SSSR count). The van der Waals surface area contributed by atoms with Crippen LogP contribution < -0.4 is 0 Å². The zero-order valence-electron chi connectivity index (χ0n) is 7.83. The molecule has 0 aromatic heterocycles. The Labute approximate surface area is 94.7 Å². The van der Waals surface area contributed by atoms with E-state index in [0.29, 0.717) is 18.4 Å². The van der Waals surface area contributed by atoms with Gasteiger partial charge in [0, 0.05) is 6.42 Å². The van der Waals surface area contributed by atoms with Gasteiger partial charge in [-0.1, -0.05) is 6.07 Å². The third-order valence-electron chi connectivity index (χ3n) is 1.98. The first-order valence-corrected chi connectivity index (χ1v) is 5.19. The summed E-state index contributed by atoms with van der Waals surface area (Å²) in [5.41, 5.74) is 0.404. The van der Waals surface area contributed by atoms with Gasteiger partial charge in [-0.3, -0.25) is 4.79 Å². The molecule has 0 saturated carbocycles. The molecule has 0 aliphatic rings. The van der Waals surface area contributed by atoms with Gasteiger partial charge in [0.15, 0.2) is 0 Å². The fourth-order valence-corrected chi connectivity index (χ4v) is 1.59. The molecule has 0 aliphatic heterocycles. The number of aromatic hydroxyl groups is 1. The molecule has 2 N–H and O–H groups in total. The van der Waals surface area contributed by atoms with Crippen LogP contribution in [0.15, 0.2) is 16.6 Å². The second-order valence-corrected chi connectivity index (χ2v) is 3.91. The highest BCUT2D eigenvalue weighted by Gasteiger charge is 2.10. The number of phenolic OH excluding ortho intramolecular Hbond substituents is 1. The van der Waals surface area contributed by atoms with Crippen molar-refractivity contribution in [1.29, 1.82) is 0 Å². The van der Waals surface area contributed by atoms with Crippen LogP contribution in [0.4, 0.5) is 4.39 Å². The predicted molar refractivity (Wildman–Crippen MR) is 56.3 cm³/mol. The molecule has 15 heavy (non-hydrogen) atoms. The van der Waals surface area contributed by atoms with Gasteiger partial charge in [0.1, 0.15) is 11.6 Å². The summed E-state index contributed by atoms with van der Waals surface area (Å²) in [6.07, 6.45) is 0.735. The van der Waals surface area contributed by atoms with Gasteiger partial charge in [-0.05, 0) is 40.4 Å². The molecule has 1 aromatic rings. The highest BCUT2D eigenvalue weighted by molar-refractivity contribution is 9.10. The van der Waals surface area contributed by atoms with E-state index in [2.05, 4.69) is 15.9 Å². The summed E-state index contributed by atoms with van der Waals surface area (Å²) >= 11 is 2.91. The van der Waals surface area contributed by atoms with Crippen LogP contribution in [0.5, 0.6) is 5.75 Å². The monoisotopic (exact) mass is 276 g/mol. The van der Waals surface area contributed by atoms with Crippen molar-refractivity contribution in [2.24, 2.45) is 0 Å². The van der Waals surface area contributed by atoms with Crippen LogP contribution >= 0.6 is 15.9 Å². The molecule has 0 bridgehead atoms. The molecule has 0 aliphatic carbocycles. The number of benzene rings is 1. The maximum absolute atomic E-state index is 13.4. The summed E-state index contributed by atoms with van der Waals surface area (Å²) in [4.78, 5) is 10.3. The SMILES string of the molecule is O=C(O)CCCc1ccc(O)c(Br)c1F. The maximum atomic E-state index is 13.4. The summed E-state index contributed by atoms with van der Waals surface area (Å²) < 4.78 is 13.5. The number of rotatable bonds is 4. The van der Waals surface area contributed by atoms with Crippen molar-refractivity contribution in [2.75, 3.05) is 0 Å². The summed E-state index contributed by atoms with van der Waals surface area (Å²) in [6.45, 7) is 0. The normalized spacial score (nSPS) is 10.3. The molecule has 0 radical (unpaired) electrons. The second-order valence-electron chi connectivity index (χ2n) is 3.12. The maximum Gasteiger partial charge on any atom is 0.303 e. The molecule has 5 heteroatoms. The lowest BCUT2D eigenvalue weighted by atomic mass is 10.1. The van der Waals surface area contributed by atoms with Crippen LogP contribution in [-0.4, -0.2) is 16.2 Å². The standard InChI is InChI=1S/C10H10BrFO3/c11-9-7(13)5-4-6(10(9)12)2-1-3-8(14)15/h4-5,13H,1-3H2,(H,14,15). The molecule has 3 nitrogen and oxygen atoms in total. The molecule has 0 fully saturated rings. The van der Waals surface area contributed by atoms with Crippen molar-refractivity contribution >= 4 is 21.9 Å². The van der Waals surface area contributed by atoms with E-state index in [1.165, 1.54) is 12.1 Å². The Bertz CT molecular complexity index is 379. The molecule has 0 atom stereocenters. The first-order chi connectivity index (χ1) is 7.02. The minimum absolute atomic E-state index is 0.0118. The first-order valence-electron chi connectivity index (χ1n) is 4.40. The van der Waals surface area contributed by atoms with E-state index in [9.17, 15) is 9.18 Å². The highest BCUT2D eigenvalue weighted by Crippen LogP contribution is 2.29. The van der Waals surface area contributed by atoms with Gasteiger partial charge >= 0.3 is 5.97 Å². The number of carbonyl (C=O) groups is 1. The number of halogens is 2. The minimum atomic E-state index is -0.895. The lowest BCUT2D eigenvalue weighted by Crippen LogP contribution is -1.98. The van der Waals surface area contributed by atoms with Gasteiger partial charge in [-0.15, -0.1) is 0 Å².